The van der Waals surface area contributed by atoms with Crippen molar-refractivity contribution < 1.29 is 56.8 Å². The predicted molar refractivity (Wildman–Crippen MR) is 311 cm³/mol. The summed E-state index contributed by atoms with van der Waals surface area (Å²) in [5.41, 5.74) is 4.29. The van der Waals surface area contributed by atoms with Crippen LogP contribution >= 0.6 is 0 Å². The molecule has 0 radical (unpaired) electrons. The average Bonchev–Trinajstić information content (AvgIpc) is 3.48. The van der Waals surface area contributed by atoms with Crippen LogP contribution in [-0.2, 0) is 37.9 Å². The smallest absolute Gasteiger partial charge is 0.184 e. The Morgan fingerprint density at radius 3 is 0.936 bits per heavy atom. The summed E-state index contributed by atoms with van der Waals surface area (Å²) >= 11 is 0. The van der Waals surface area contributed by atoms with Crippen LogP contribution in [0.3, 0.4) is 0 Å². The lowest BCUT2D eigenvalue weighted by atomic mass is 10.1. The van der Waals surface area contributed by atoms with Crippen LogP contribution in [0.2, 0.25) is 0 Å². The van der Waals surface area contributed by atoms with E-state index in [1.165, 1.54) is 12.8 Å². The second-order valence-electron chi connectivity index (χ2n) is 20.6. The van der Waals surface area contributed by atoms with Crippen molar-refractivity contribution in [1.82, 2.24) is 0 Å². The fourth-order valence-corrected chi connectivity index (χ4v) is 8.83. The van der Waals surface area contributed by atoms with Crippen molar-refractivity contribution in [1.29, 1.82) is 0 Å². The van der Waals surface area contributed by atoms with Crippen molar-refractivity contribution in [2.24, 2.45) is 0 Å². The van der Waals surface area contributed by atoms with Gasteiger partial charge in [-0.05, 0) is 126 Å². The SMILES string of the molecule is CCCCOc1ccc(C2OCCC(C)O2)cc1.CCCCOc1ccc(C2OCCC(CC)O2)cc1.CCCCOc1ccc(C2OCCC(CCC)O2)cc1.CCCCOc1ccc(C2OCCC(CCCC)O2)cc1. The standard InChI is InChI=1S/C18H28O3.C17H26O3.C16H24O3.C15H22O3/c1-3-5-7-17-12-14-20-18(21-17)15-8-10-16(11-9-15)19-13-6-4-2;1-3-5-12-18-15-9-7-14(8-10-15)17-19-13-11-16(20-17)6-4-2;1-3-5-11-17-15-8-6-13(7-9-15)16-18-12-10-14(4-2)19-16;1-3-4-10-16-14-7-5-13(6-8-14)15-17-11-9-12(2)18-15/h8-11,17-18H,3-7,12-14H2,1-2H3;7-10,16-17H,3-6,11-13H2,1-2H3;6-9,14,16H,3-5,10-12H2,1-2H3;5-8,12,15H,3-4,9-11H2,1-2H3. The number of unbranched alkanes of at least 4 members (excludes halogenated alkanes) is 5. The molecule has 0 bridgehead atoms. The lowest BCUT2D eigenvalue weighted by Crippen LogP contribution is -2.26. The van der Waals surface area contributed by atoms with Crippen molar-refractivity contribution in [3.05, 3.63) is 119 Å². The molecule has 4 fully saturated rings. The molecule has 4 aromatic rings. The molecule has 4 heterocycles. The highest BCUT2D eigenvalue weighted by Crippen LogP contribution is 2.33. The summed E-state index contributed by atoms with van der Waals surface area (Å²) in [6, 6.07) is 32.3. The summed E-state index contributed by atoms with van der Waals surface area (Å²) < 4.78 is 69.1. The molecule has 12 heteroatoms. The van der Waals surface area contributed by atoms with Crippen molar-refractivity contribution in [3.8, 4) is 23.0 Å². The molecule has 4 aromatic carbocycles. The molecule has 8 unspecified atom stereocenters. The molecule has 78 heavy (non-hydrogen) atoms. The van der Waals surface area contributed by atoms with E-state index < -0.39 is 0 Å². The Labute approximate surface area is 470 Å². The quantitative estimate of drug-likeness (QED) is 0.0558. The van der Waals surface area contributed by atoms with Gasteiger partial charge < -0.3 is 56.8 Å². The van der Waals surface area contributed by atoms with Crippen LogP contribution in [0.5, 0.6) is 23.0 Å². The average molecular weight is 1090 g/mol. The van der Waals surface area contributed by atoms with Gasteiger partial charge in [-0.15, -0.1) is 0 Å². The molecule has 4 aliphatic rings. The Morgan fingerprint density at radius 2 is 0.628 bits per heavy atom. The number of benzene rings is 4. The predicted octanol–water partition coefficient (Wildman–Crippen LogP) is 17.1. The van der Waals surface area contributed by atoms with Gasteiger partial charge in [-0.3, -0.25) is 0 Å². The summed E-state index contributed by atoms with van der Waals surface area (Å²) in [5.74, 6) is 3.67. The summed E-state index contributed by atoms with van der Waals surface area (Å²) in [4.78, 5) is 0. The van der Waals surface area contributed by atoms with Gasteiger partial charge in [-0.25, -0.2) is 0 Å². The Kier molecular flexibility index (Phi) is 32.5. The van der Waals surface area contributed by atoms with Gasteiger partial charge in [0, 0.05) is 22.3 Å². The van der Waals surface area contributed by atoms with Crippen LogP contribution in [0.25, 0.3) is 0 Å². The molecular formula is C66H100O12. The van der Waals surface area contributed by atoms with E-state index in [4.69, 9.17) is 56.8 Å². The van der Waals surface area contributed by atoms with Crippen LogP contribution in [0.15, 0.2) is 97.1 Å². The summed E-state index contributed by atoms with van der Waals surface area (Å²) in [6.07, 6.45) is 20.2. The fraction of sp³-hybridized carbons (Fsp3) is 0.636. The summed E-state index contributed by atoms with van der Waals surface area (Å²) in [5, 5.41) is 0. The molecule has 0 amide bonds. The van der Waals surface area contributed by atoms with Crippen molar-refractivity contribution in [2.75, 3.05) is 52.9 Å². The lowest BCUT2D eigenvalue weighted by molar-refractivity contribution is -0.218. The first kappa shape index (κ1) is 64.6. The molecule has 0 aromatic heterocycles. The monoisotopic (exact) mass is 1080 g/mol. The van der Waals surface area contributed by atoms with Crippen molar-refractivity contribution >= 4 is 0 Å². The molecule has 8 rings (SSSR count). The zero-order valence-electron chi connectivity index (χ0n) is 49.1. The zero-order valence-corrected chi connectivity index (χ0v) is 49.1. The first-order valence-electron chi connectivity index (χ1n) is 30.3. The van der Waals surface area contributed by atoms with Gasteiger partial charge in [-0.2, -0.15) is 0 Å². The van der Waals surface area contributed by atoms with Gasteiger partial charge in [0.2, 0.25) is 0 Å². The van der Waals surface area contributed by atoms with Crippen LogP contribution in [0.1, 0.15) is 218 Å². The molecule has 0 aliphatic carbocycles. The van der Waals surface area contributed by atoms with Crippen molar-refractivity contribution in [3.63, 3.8) is 0 Å². The molecule has 4 aliphatic heterocycles. The van der Waals surface area contributed by atoms with E-state index in [2.05, 4.69) is 55.4 Å². The molecule has 0 saturated carbocycles. The van der Waals surface area contributed by atoms with E-state index in [-0.39, 0.29) is 31.3 Å². The maximum Gasteiger partial charge on any atom is 0.184 e. The summed E-state index contributed by atoms with van der Waals surface area (Å²) in [6.45, 7) is 23.5. The number of hydrogen-bond donors (Lipinski definition) is 0. The number of rotatable bonds is 26. The van der Waals surface area contributed by atoms with Gasteiger partial charge >= 0.3 is 0 Å². The van der Waals surface area contributed by atoms with Gasteiger partial charge in [0.1, 0.15) is 23.0 Å². The normalized spacial score (nSPS) is 23.0. The van der Waals surface area contributed by atoms with E-state index in [9.17, 15) is 0 Å². The van der Waals surface area contributed by atoms with Crippen LogP contribution < -0.4 is 18.9 Å². The molecule has 0 N–H and O–H groups in total. The molecule has 8 atom stereocenters. The van der Waals surface area contributed by atoms with Gasteiger partial charge in [-0.1, -0.05) is 142 Å². The molecule has 12 nitrogen and oxygen atoms in total. The Bertz CT molecular complexity index is 2060. The van der Waals surface area contributed by atoms with Gasteiger partial charge in [0.25, 0.3) is 0 Å². The second kappa shape index (κ2) is 39.2. The molecule has 0 spiro atoms. The van der Waals surface area contributed by atoms with E-state index in [0.29, 0.717) is 18.3 Å². The highest BCUT2D eigenvalue weighted by Gasteiger charge is 2.26. The van der Waals surface area contributed by atoms with Crippen LogP contribution in [0, 0.1) is 0 Å². The lowest BCUT2D eigenvalue weighted by Gasteiger charge is -2.30. The second-order valence-corrected chi connectivity index (χ2v) is 20.6. The van der Waals surface area contributed by atoms with E-state index in [0.717, 1.165) is 201 Å². The molecule has 436 valence electrons. The third kappa shape index (κ3) is 24.6. The first-order chi connectivity index (χ1) is 38.3. The molecular weight excluding hydrogens is 985 g/mol. The maximum atomic E-state index is 6.05. The largest absolute Gasteiger partial charge is 0.494 e. The maximum absolute atomic E-state index is 6.05. The first-order valence-corrected chi connectivity index (χ1v) is 30.3. The topological polar surface area (TPSA) is 111 Å². The highest BCUT2D eigenvalue weighted by atomic mass is 16.7. The minimum absolute atomic E-state index is 0.217. The Balaban J connectivity index is 0.000000192. The number of hydrogen-bond acceptors (Lipinski definition) is 12. The fourth-order valence-electron chi connectivity index (χ4n) is 8.83. The third-order valence-electron chi connectivity index (χ3n) is 13.8. The van der Waals surface area contributed by atoms with Gasteiger partial charge in [0.15, 0.2) is 25.2 Å². The van der Waals surface area contributed by atoms with E-state index in [1.54, 1.807) is 0 Å². The molecule has 4 saturated heterocycles. The number of ether oxygens (including phenoxy) is 12. The Hall–Kier alpha value is -4.24. The van der Waals surface area contributed by atoms with E-state index >= 15 is 0 Å². The summed E-state index contributed by atoms with van der Waals surface area (Å²) in [7, 11) is 0. The minimum atomic E-state index is -0.224. The van der Waals surface area contributed by atoms with Crippen molar-refractivity contribution in [2.45, 2.75) is 221 Å². The van der Waals surface area contributed by atoms with Crippen LogP contribution in [-0.4, -0.2) is 77.3 Å². The minimum Gasteiger partial charge on any atom is -0.494 e. The van der Waals surface area contributed by atoms with E-state index in [1.807, 2.05) is 97.1 Å². The third-order valence-corrected chi connectivity index (χ3v) is 13.8. The zero-order chi connectivity index (χ0) is 55.4. The Morgan fingerprint density at radius 1 is 0.333 bits per heavy atom. The van der Waals surface area contributed by atoms with Gasteiger partial charge in [0.05, 0.1) is 77.3 Å². The highest BCUT2D eigenvalue weighted by molar-refractivity contribution is 5.31. The van der Waals surface area contributed by atoms with Crippen LogP contribution in [0.4, 0.5) is 0 Å².